The maximum absolute atomic E-state index is 14.4. The van der Waals surface area contributed by atoms with Gasteiger partial charge in [-0.25, -0.2) is 9.97 Å². The number of aromatic nitrogens is 4. The number of halogens is 6. The fraction of sp³-hybridized carbons (Fsp3) is 0.474. The summed E-state index contributed by atoms with van der Waals surface area (Å²) in [6.07, 6.45) is 0.183. The molecule has 0 spiro atoms. The average molecular weight is 825 g/mol. The van der Waals surface area contributed by atoms with Crippen LogP contribution in [0, 0.1) is 11.8 Å². The highest BCUT2D eigenvalue weighted by molar-refractivity contribution is 7.30. The lowest BCUT2D eigenvalue weighted by Crippen LogP contribution is -2.21. The van der Waals surface area contributed by atoms with E-state index < -0.39 is 23.7 Å². The number of hydrogen-bond acceptors (Lipinski definition) is 9. The van der Waals surface area contributed by atoms with Crippen molar-refractivity contribution in [3.05, 3.63) is 45.4 Å². The molecule has 7 rings (SSSR count). The van der Waals surface area contributed by atoms with Crippen LogP contribution in [0.25, 0.3) is 61.7 Å². The maximum Gasteiger partial charge on any atom is 0.435 e. The topological polar surface area (TPSA) is 51.6 Å². The van der Waals surface area contributed by atoms with Gasteiger partial charge in [0.05, 0.1) is 11.7 Å². The van der Waals surface area contributed by atoms with E-state index in [0.29, 0.717) is 32.6 Å². The highest BCUT2D eigenvalue weighted by Gasteiger charge is 2.47. The van der Waals surface area contributed by atoms with E-state index in [2.05, 4.69) is 58.5 Å². The Hall–Kier alpha value is -2.72. The second kappa shape index (κ2) is 15.4. The zero-order valence-electron chi connectivity index (χ0n) is 29.6. The number of alkyl halides is 6. The lowest BCUT2D eigenvalue weighted by molar-refractivity contribution is -0.167. The Balaban J connectivity index is 1.40. The summed E-state index contributed by atoms with van der Waals surface area (Å²) >= 11 is 6.92. The number of benzene rings is 1. The van der Waals surface area contributed by atoms with Gasteiger partial charge in [0.15, 0.2) is 11.4 Å². The number of nitrogens with zero attached hydrogens (tertiary/aromatic N) is 4. The summed E-state index contributed by atoms with van der Waals surface area (Å²) in [7, 11) is 0. The van der Waals surface area contributed by atoms with Crippen LogP contribution >= 0.6 is 57.1 Å². The Morgan fingerprint density at radius 3 is 1.28 bits per heavy atom. The fourth-order valence-electron chi connectivity index (χ4n) is 7.06. The van der Waals surface area contributed by atoms with E-state index >= 15 is 0 Å². The van der Waals surface area contributed by atoms with E-state index in [0.717, 1.165) is 81.9 Å². The zero-order chi connectivity index (χ0) is 37.7. The van der Waals surface area contributed by atoms with Gasteiger partial charge in [0.1, 0.15) is 22.1 Å². The van der Waals surface area contributed by atoms with Gasteiger partial charge in [0.25, 0.3) is 0 Å². The van der Waals surface area contributed by atoms with Crippen LogP contribution in [-0.4, -0.2) is 18.7 Å². The molecule has 0 radical (unpaired) electrons. The van der Waals surface area contributed by atoms with Crippen LogP contribution in [0.15, 0.2) is 24.3 Å². The standard InChI is InChI=1S/C38H38F6N4S5/c1-5-9-11-19(7-3)13-21-15-23-25(49-21)17-27(51-23)29-31-32(46-36(38(42,43)44)35(45-31)37(39,40)41)30(34-33(29)47-53-48-34)28-18-26-24(52-28)16-22(50-26)14-20(8-4)12-10-6-2/h15-20H,5-14H2,1-4H3. The van der Waals surface area contributed by atoms with E-state index in [9.17, 15) is 26.3 Å². The first-order chi connectivity index (χ1) is 25.3. The van der Waals surface area contributed by atoms with Gasteiger partial charge >= 0.3 is 12.4 Å². The van der Waals surface area contributed by atoms with Crippen molar-refractivity contribution in [2.24, 2.45) is 11.8 Å². The number of rotatable bonds is 14. The Morgan fingerprint density at radius 2 is 0.943 bits per heavy atom. The van der Waals surface area contributed by atoms with Crippen LogP contribution < -0.4 is 0 Å². The summed E-state index contributed by atoms with van der Waals surface area (Å²) in [5.74, 6) is 1.13. The molecule has 0 aliphatic carbocycles. The lowest BCUT2D eigenvalue weighted by atomic mass is 9.95. The zero-order valence-corrected chi connectivity index (χ0v) is 33.7. The van der Waals surface area contributed by atoms with Crippen LogP contribution in [0.1, 0.15) is 100 Å². The third-order valence-electron chi connectivity index (χ3n) is 9.94. The molecule has 2 atom stereocenters. The SMILES string of the molecule is CCCCC(CC)Cc1cc2sc(-c3c4nsnc4c(-c4cc5sc(CC(CC)CCCC)cc5s4)c4nc(C(F)(F)F)c(C(F)(F)F)nc34)cc2s1. The summed E-state index contributed by atoms with van der Waals surface area (Å²) in [6.45, 7) is 8.76. The van der Waals surface area contributed by atoms with Crippen LogP contribution in [-0.2, 0) is 25.2 Å². The van der Waals surface area contributed by atoms with E-state index in [1.54, 1.807) is 22.7 Å². The number of unbranched alkanes of at least 4 members (excludes halogenated alkanes) is 2. The molecule has 0 bridgehead atoms. The predicted octanol–water partition coefficient (Wildman–Crippen LogP) is 15.1. The first-order valence-corrected chi connectivity index (χ1v) is 22.0. The first kappa shape index (κ1) is 38.6. The molecule has 6 heterocycles. The van der Waals surface area contributed by atoms with Gasteiger partial charge in [-0.1, -0.05) is 79.1 Å². The Morgan fingerprint density at radius 1 is 0.547 bits per heavy atom. The molecule has 0 saturated heterocycles. The van der Waals surface area contributed by atoms with Crippen molar-refractivity contribution in [3.8, 4) is 20.9 Å². The molecular formula is C38H38F6N4S5. The smallest absolute Gasteiger partial charge is 0.239 e. The van der Waals surface area contributed by atoms with Gasteiger partial charge in [-0.15, -0.1) is 45.3 Å². The molecule has 0 aliphatic rings. The summed E-state index contributed by atoms with van der Waals surface area (Å²) in [6, 6.07) is 8.05. The molecule has 15 heteroatoms. The van der Waals surface area contributed by atoms with Gasteiger partial charge in [0.2, 0.25) is 0 Å². The van der Waals surface area contributed by atoms with Crippen molar-refractivity contribution in [1.82, 2.24) is 18.7 Å². The minimum Gasteiger partial charge on any atom is -0.239 e. The summed E-state index contributed by atoms with van der Waals surface area (Å²) in [4.78, 5) is 11.3. The summed E-state index contributed by atoms with van der Waals surface area (Å²) in [5, 5.41) is 0. The quantitative estimate of drug-likeness (QED) is 0.103. The summed E-state index contributed by atoms with van der Waals surface area (Å²) < 4.78 is 99.3. The third kappa shape index (κ3) is 7.74. The lowest BCUT2D eigenvalue weighted by Gasteiger charge is -2.17. The molecule has 53 heavy (non-hydrogen) atoms. The Kier molecular flexibility index (Phi) is 11.2. The van der Waals surface area contributed by atoms with E-state index in [1.807, 2.05) is 12.1 Å². The molecule has 1 aromatic carbocycles. The highest BCUT2D eigenvalue weighted by Crippen LogP contribution is 2.50. The highest BCUT2D eigenvalue weighted by atomic mass is 32.1. The first-order valence-electron chi connectivity index (χ1n) is 18.0. The number of thiophene rings is 4. The van der Waals surface area contributed by atoms with E-state index in [-0.39, 0.29) is 22.2 Å². The van der Waals surface area contributed by atoms with Crippen molar-refractivity contribution < 1.29 is 26.3 Å². The van der Waals surface area contributed by atoms with Crippen molar-refractivity contribution in [3.63, 3.8) is 0 Å². The van der Waals surface area contributed by atoms with Crippen LogP contribution in [0.4, 0.5) is 26.3 Å². The molecule has 6 aromatic heterocycles. The molecular weight excluding hydrogens is 787 g/mol. The van der Waals surface area contributed by atoms with Crippen molar-refractivity contribution in [1.29, 1.82) is 0 Å². The van der Waals surface area contributed by atoms with Gasteiger partial charge in [-0.3, -0.25) is 0 Å². The molecule has 2 unspecified atom stereocenters. The van der Waals surface area contributed by atoms with Gasteiger partial charge in [0, 0.05) is 49.4 Å². The molecule has 7 aromatic rings. The second-order valence-electron chi connectivity index (χ2n) is 13.7. The number of fused-ring (bicyclic) bond motifs is 4. The van der Waals surface area contributed by atoms with Crippen LogP contribution in [0.3, 0.4) is 0 Å². The minimum atomic E-state index is -5.40. The summed E-state index contributed by atoms with van der Waals surface area (Å²) in [5.41, 5.74) is -3.59. The average Bonchev–Trinajstić information content (AvgIpc) is 3.93. The second-order valence-corrected chi connectivity index (χ2v) is 18.7. The van der Waals surface area contributed by atoms with E-state index in [1.165, 1.54) is 45.3 Å². The maximum atomic E-state index is 14.4. The van der Waals surface area contributed by atoms with Crippen LogP contribution in [0.5, 0.6) is 0 Å². The molecule has 0 aliphatic heterocycles. The molecule has 0 N–H and O–H groups in total. The van der Waals surface area contributed by atoms with E-state index in [4.69, 9.17) is 0 Å². The van der Waals surface area contributed by atoms with Crippen molar-refractivity contribution >= 4 is 97.9 Å². The molecule has 0 amide bonds. The third-order valence-corrected chi connectivity index (χ3v) is 15.1. The molecule has 0 saturated carbocycles. The Bertz CT molecular complexity index is 2150. The molecule has 4 nitrogen and oxygen atoms in total. The normalized spacial score (nSPS) is 14.1. The van der Waals surface area contributed by atoms with Crippen LogP contribution in [0.2, 0.25) is 0 Å². The number of hydrogen-bond donors (Lipinski definition) is 0. The van der Waals surface area contributed by atoms with Crippen molar-refractivity contribution in [2.45, 2.75) is 104 Å². The van der Waals surface area contributed by atoms with Gasteiger partial charge in [-0.05, 0) is 48.9 Å². The molecule has 282 valence electrons. The predicted molar refractivity (Wildman–Crippen MR) is 212 cm³/mol. The van der Waals surface area contributed by atoms with Gasteiger partial charge < -0.3 is 0 Å². The van der Waals surface area contributed by atoms with Crippen molar-refractivity contribution in [2.75, 3.05) is 0 Å². The largest absolute Gasteiger partial charge is 0.435 e. The Labute approximate surface area is 323 Å². The monoisotopic (exact) mass is 824 g/mol. The molecule has 0 fully saturated rings. The fourth-order valence-corrected chi connectivity index (χ4v) is 12.8. The minimum absolute atomic E-state index is 0.224. The van der Waals surface area contributed by atoms with Gasteiger partial charge in [-0.2, -0.15) is 35.1 Å².